The van der Waals surface area contributed by atoms with Gasteiger partial charge >= 0.3 is 12.0 Å². The minimum atomic E-state index is -0.795. The molecule has 0 aromatic heterocycles. The molecular formula is C14H24N2O3. The number of amides is 2. The van der Waals surface area contributed by atoms with E-state index in [4.69, 9.17) is 5.11 Å². The number of hydrogen-bond donors (Lipinski definition) is 2. The van der Waals surface area contributed by atoms with E-state index in [1.54, 1.807) is 0 Å². The Kier molecular flexibility index (Phi) is 4.66. The first-order valence-corrected chi connectivity index (χ1v) is 7.34. The molecule has 1 saturated carbocycles. The largest absolute Gasteiger partial charge is 0.481 e. The summed E-state index contributed by atoms with van der Waals surface area (Å²) in [7, 11) is 0. The number of urea groups is 1. The molecule has 108 valence electrons. The summed E-state index contributed by atoms with van der Waals surface area (Å²) in [5.41, 5.74) is 0. The number of carboxylic acid groups (broad SMARTS) is 1. The molecule has 0 aromatic carbocycles. The van der Waals surface area contributed by atoms with Crippen LogP contribution < -0.4 is 5.32 Å². The van der Waals surface area contributed by atoms with Gasteiger partial charge in [0.15, 0.2) is 0 Å². The first kappa shape index (κ1) is 14.2. The second-order valence-corrected chi connectivity index (χ2v) is 5.91. The number of carbonyl (C=O) groups excluding carboxylic acids is 1. The molecule has 1 saturated heterocycles. The number of aliphatic carboxylic acids is 1. The predicted molar refractivity (Wildman–Crippen MR) is 71.8 cm³/mol. The summed E-state index contributed by atoms with van der Waals surface area (Å²) in [5, 5.41) is 11.7. The van der Waals surface area contributed by atoms with Crippen LogP contribution in [0, 0.1) is 17.8 Å². The highest BCUT2D eigenvalue weighted by atomic mass is 16.4. The third-order valence-corrected chi connectivity index (χ3v) is 4.60. The molecule has 1 heterocycles. The molecule has 19 heavy (non-hydrogen) atoms. The lowest BCUT2D eigenvalue weighted by Crippen LogP contribution is -2.41. The summed E-state index contributed by atoms with van der Waals surface area (Å²) >= 11 is 0. The molecule has 2 amide bonds. The molecule has 0 spiro atoms. The molecule has 3 unspecified atom stereocenters. The molecule has 1 aliphatic carbocycles. The zero-order valence-electron chi connectivity index (χ0n) is 11.6. The number of hydrogen-bond acceptors (Lipinski definition) is 2. The lowest BCUT2D eigenvalue weighted by Gasteiger charge is -2.20. The van der Waals surface area contributed by atoms with E-state index in [0.717, 1.165) is 19.5 Å². The van der Waals surface area contributed by atoms with Crippen molar-refractivity contribution in [1.29, 1.82) is 0 Å². The van der Waals surface area contributed by atoms with Crippen molar-refractivity contribution in [3.63, 3.8) is 0 Å². The van der Waals surface area contributed by atoms with Crippen LogP contribution in [-0.2, 0) is 4.79 Å². The molecule has 2 N–H and O–H groups in total. The zero-order valence-corrected chi connectivity index (χ0v) is 11.6. The van der Waals surface area contributed by atoms with Gasteiger partial charge in [-0.2, -0.15) is 0 Å². The smallest absolute Gasteiger partial charge is 0.317 e. The van der Waals surface area contributed by atoms with Gasteiger partial charge in [0.1, 0.15) is 0 Å². The molecule has 5 heteroatoms. The fourth-order valence-electron chi connectivity index (χ4n) is 3.35. The van der Waals surface area contributed by atoms with Crippen molar-refractivity contribution in [1.82, 2.24) is 10.2 Å². The van der Waals surface area contributed by atoms with Crippen molar-refractivity contribution in [3.8, 4) is 0 Å². The molecule has 0 bridgehead atoms. The van der Waals surface area contributed by atoms with E-state index in [-0.39, 0.29) is 18.4 Å². The van der Waals surface area contributed by atoms with Crippen LogP contribution in [0.5, 0.6) is 0 Å². The number of carboxylic acids is 1. The summed E-state index contributed by atoms with van der Waals surface area (Å²) in [6.45, 7) is 4.19. The lowest BCUT2D eigenvalue weighted by atomic mass is 10.0. The summed E-state index contributed by atoms with van der Waals surface area (Å²) in [6, 6.07) is -0.0155. The van der Waals surface area contributed by atoms with Gasteiger partial charge in [-0.3, -0.25) is 4.79 Å². The van der Waals surface area contributed by atoms with Crippen molar-refractivity contribution >= 4 is 12.0 Å². The van der Waals surface area contributed by atoms with Gasteiger partial charge in [0, 0.05) is 26.1 Å². The Morgan fingerprint density at radius 2 is 1.95 bits per heavy atom. The SMILES string of the molecule is CCC(CNC(=O)N1CC2CCCC2C1)CC(=O)O. The Hall–Kier alpha value is -1.26. The molecule has 0 radical (unpaired) electrons. The normalized spacial score (nSPS) is 27.1. The maximum absolute atomic E-state index is 12.1. The zero-order chi connectivity index (χ0) is 13.8. The minimum absolute atomic E-state index is 0.0155. The van der Waals surface area contributed by atoms with Crippen LogP contribution in [0.15, 0.2) is 0 Å². The molecule has 5 nitrogen and oxygen atoms in total. The quantitative estimate of drug-likeness (QED) is 0.800. The Morgan fingerprint density at radius 1 is 1.32 bits per heavy atom. The topological polar surface area (TPSA) is 69.6 Å². The van der Waals surface area contributed by atoms with E-state index in [2.05, 4.69) is 5.32 Å². The highest BCUT2D eigenvalue weighted by molar-refractivity contribution is 5.74. The number of rotatable bonds is 5. The van der Waals surface area contributed by atoms with Crippen molar-refractivity contribution < 1.29 is 14.7 Å². The van der Waals surface area contributed by atoms with Gasteiger partial charge in [-0.25, -0.2) is 4.79 Å². The molecule has 0 aromatic rings. The van der Waals surface area contributed by atoms with Crippen LogP contribution in [0.2, 0.25) is 0 Å². The van der Waals surface area contributed by atoms with Gasteiger partial charge in [0.05, 0.1) is 0 Å². The maximum atomic E-state index is 12.1. The fraction of sp³-hybridized carbons (Fsp3) is 0.857. The lowest BCUT2D eigenvalue weighted by molar-refractivity contribution is -0.138. The number of likely N-dealkylation sites (tertiary alicyclic amines) is 1. The van der Waals surface area contributed by atoms with Crippen LogP contribution in [0.3, 0.4) is 0 Å². The van der Waals surface area contributed by atoms with Crippen LogP contribution in [0.1, 0.15) is 39.0 Å². The van der Waals surface area contributed by atoms with Gasteiger partial charge in [-0.1, -0.05) is 19.8 Å². The summed E-state index contributed by atoms with van der Waals surface area (Å²) in [4.78, 5) is 24.6. The standard InChI is InChI=1S/C14H24N2O3/c1-2-10(6-13(17)18)7-15-14(19)16-8-11-4-3-5-12(11)9-16/h10-12H,2-9H2,1H3,(H,15,19)(H,17,18). The van der Waals surface area contributed by atoms with Crippen LogP contribution in [-0.4, -0.2) is 41.6 Å². The molecule has 2 fully saturated rings. The van der Waals surface area contributed by atoms with E-state index in [1.165, 1.54) is 19.3 Å². The molecule has 3 atom stereocenters. The van der Waals surface area contributed by atoms with E-state index >= 15 is 0 Å². The summed E-state index contributed by atoms with van der Waals surface area (Å²) in [6.07, 6.45) is 4.72. The van der Waals surface area contributed by atoms with E-state index in [1.807, 2.05) is 11.8 Å². The highest BCUT2D eigenvalue weighted by Crippen LogP contribution is 2.37. The predicted octanol–water partition coefficient (Wildman–Crippen LogP) is 1.93. The number of nitrogens with zero attached hydrogens (tertiary/aromatic N) is 1. The average molecular weight is 268 g/mol. The van der Waals surface area contributed by atoms with Crippen molar-refractivity contribution in [2.75, 3.05) is 19.6 Å². The van der Waals surface area contributed by atoms with Gasteiger partial charge in [0.25, 0.3) is 0 Å². The van der Waals surface area contributed by atoms with E-state index in [9.17, 15) is 9.59 Å². The Labute approximate surface area is 114 Å². The first-order valence-electron chi connectivity index (χ1n) is 7.34. The monoisotopic (exact) mass is 268 g/mol. The second kappa shape index (κ2) is 6.26. The Balaban J connectivity index is 1.73. The molecule has 2 aliphatic rings. The van der Waals surface area contributed by atoms with Crippen molar-refractivity contribution in [3.05, 3.63) is 0 Å². The Bertz CT molecular complexity index is 334. The number of carbonyl (C=O) groups is 2. The van der Waals surface area contributed by atoms with E-state index in [0.29, 0.717) is 18.4 Å². The van der Waals surface area contributed by atoms with E-state index < -0.39 is 5.97 Å². The summed E-state index contributed by atoms with van der Waals surface area (Å²) in [5.74, 6) is 0.638. The molecule has 1 aliphatic heterocycles. The van der Waals surface area contributed by atoms with Crippen molar-refractivity contribution in [2.45, 2.75) is 39.0 Å². The highest BCUT2D eigenvalue weighted by Gasteiger charge is 2.37. The molecular weight excluding hydrogens is 244 g/mol. The fourth-order valence-corrected chi connectivity index (χ4v) is 3.35. The average Bonchev–Trinajstić information content (AvgIpc) is 2.93. The third kappa shape index (κ3) is 3.61. The van der Waals surface area contributed by atoms with Gasteiger partial charge in [0.2, 0.25) is 0 Å². The number of fused-ring (bicyclic) bond motifs is 1. The van der Waals surface area contributed by atoms with Gasteiger partial charge in [-0.05, 0) is 30.6 Å². The van der Waals surface area contributed by atoms with Gasteiger partial charge < -0.3 is 15.3 Å². The van der Waals surface area contributed by atoms with Crippen molar-refractivity contribution in [2.24, 2.45) is 17.8 Å². The second-order valence-electron chi connectivity index (χ2n) is 5.91. The Morgan fingerprint density at radius 3 is 2.47 bits per heavy atom. The maximum Gasteiger partial charge on any atom is 0.317 e. The number of nitrogens with one attached hydrogen (secondary N) is 1. The van der Waals surface area contributed by atoms with Crippen LogP contribution >= 0.6 is 0 Å². The minimum Gasteiger partial charge on any atom is -0.481 e. The first-order chi connectivity index (χ1) is 9.10. The van der Waals surface area contributed by atoms with Crippen LogP contribution in [0.4, 0.5) is 4.79 Å². The van der Waals surface area contributed by atoms with Crippen LogP contribution in [0.25, 0.3) is 0 Å². The third-order valence-electron chi connectivity index (χ3n) is 4.60. The van der Waals surface area contributed by atoms with Gasteiger partial charge in [-0.15, -0.1) is 0 Å². The molecule has 2 rings (SSSR count). The summed E-state index contributed by atoms with van der Waals surface area (Å²) < 4.78 is 0.